The van der Waals surface area contributed by atoms with Crippen LogP contribution in [0, 0.1) is 5.41 Å². The summed E-state index contributed by atoms with van der Waals surface area (Å²) in [4.78, 5) is 7.95. The Hall–Kier alpha value is -1.80. The monoisotopic (exact) mass is 296 g/mol. The molecule has 7 nitrogen and oxygen atoms in total. The second kappa shape index (κ2) is 5.29. The summed E-state index contributed by atoms with van der Waals surface area (Å²) in [5.41, 5.74) is -0.327. The summed E-state index contributed by atoms with van der Waals surface area (Å²) in [5.74, 6) is -0.336. The minimum atomic E-state index is -1.03. The highest BCUT2D eigenvalue weighted by Gasteiger charge is 2.32. The van der Waals surface area contributed by atoms with Crippen molar-refractivity contribution in [2.24, 2.45) is 17.5 Å². The quantitative estimate of drug-likeness (QED) is 0.504. The molecule has 0 aliphatic carbocycles. The highest BCUT2D eigenvalue weighted by Crippen LogP contribution is 2.29. The van der Waals surface area contributed by atoms with Crippen LogP contribution in [-0.4, -0.2) is 21.3 Å². The minimum absolute atomic E-state index is 0.00938. The number of aliphatic hydroxyl groups excluding tert-OH is 1. The lowest BCUT2D eigenvalue weighted by Crippen LogP contribution is -2.36. The Balaban J connectivity index is 2.43. The molecule has 2 aromatic rings. The fourth-order valence-corrected chi connectivity index (χ4v) is 2.07. The maximum atomic E-state index is 11.9. The molecule has 108 valence electrons. The molecule has 0 aliphatic rings. The first-order valence-corrected chi connectivity index (χ1v) is 6.88. The van der Waals surface area contributed by atoms with Gasteiger partial charge in [-0.05, 0) is 16.0 Å². The van der Waals surface area contributed by atoms with Gasteiger partial charge in [-0.25, -0.2) is 9.98 Å². The largest absolute Gasteiger partial charge is 0.861 e. The summed E-state index contributed by atoms with van der Waals surface area (Å²) < 4.78 is 6.37. The van der Waals surface area contributed by atoms with Crippen LogP contribution in [0.25, 0.3) is 0 Å². The topological polar surface area (TPSA) is 98.5 Å². The summed E-state index contributed by atoms with van der Waals surface area (Å²) in [5, 5.41) is 28.2. The van der Waals surface area contributed by atoms with Gasteiger partial charge in [0.25, 0.3) is 0 Å². The Kier molecular flexibility index (Phi) is 3.87. The minimum Gasteiger partial charge on any atom is -0.861 e. The van der Waals surface area contributed by atoms with Gasteiger partial charge in [0.1, 0.15) is 5.01 Å². The van der Waals surface area contributed by atoms with Crippen molar-refractivity contribution in [2.75, 3.05) is 0 Å². The van der Waals surface area contributed by atoms with Crippen LogP contribution in [-0.2, 0) is 7.05 Å². The fourth-order valence-electron chi connectivity index (χ4n) is 1.45. The van der Waals surface area contributed by atoms with Gasteiger partial charge in [-0.1, -0.05) is 20.8 Å². The summed E-state index contributed by atoms with van der Waals surface area (Å²) in [6.45, 7) is 5.27. The Morgan fingerprint density at radius 1 is 1.55 bits per heavy atom. The zero-order chi connectivity index (χ0) is 14.9. The number of rotatable bonds is 3. The molecule has 0 radical (unpaired) electrons. The van der Waals surface area contributed by atoms with Gasteiger partial charge in [0.2, 0.25) is 5.27 Å². The molecule has 2 heterocycles. The van der Waals surface area contributed by atoms with Crippen LogP contribution in [0.5, 0.6) is 0 Å². The lowest BCUT2D eigenvalue weighted by Gasteiger charge is -2.25. The molecule has 0 fully saturated rings. The van der Waals surface area contributed by atoms with Gasteiger partial charge >= 0.3 is 11.6 Å². The third kappa shape index (κ3) is 2.86. The van der Waals surface area contributed by atoms with Gasteiger partial charge in [0.05, 0.1) is 0 Å². The fraction of sp³-hybridized carbons (Fsp3) is 0.500. The number of aryl methyl sites for hydroxylation is 1. The molecule has 1 unspecified atom stereocenters. The first-order valence-electron chi connectivity index (χ1n) is 6.00. The van der Waals surface area contributed by atoms with Crippen LogP contribution < -0.4 is 9.79 Å². The average molecular weight is 296 g/mol. The zero-order valence-electron chi connectivity index (χ0n) is 11.7. The van der Waals surface area contributed by atoms with E-state index in [0.717, 1.165) is 0 Å². The van der Waals surface area contributed by atoms with Crippen molar-refractivity contribution in [3.63, 3.8) is 0 Å². The molecular formula is C12H16N4O3S. The Labute approximate surface area is 120 Å². The van der Waals surface area contributed by atoms with Crippen molar-refractivity contribution in [2.45, 2.75) is 26.9 Å². The number of thiazole rings is 1. The van der Waals surface area contributed by atoms with Crippen molar-refractivity contribution in [3.8, 4) is 0 Å². The van der Waals surface area contributed by atoms with Crippen molar-refractivity contribution >= 4 is 23.1 Å². The second-order valence-electron chi connectivity index (χ2n) is 5.33. The molecule has 2 rings (SSSR count). The van der Waals surface area contributed by atoms with Crippen molar-refractivity contribution in [1.82, 2.24) is 10.3 Å². The number of aliphatic imine (C=N–C) groups is 1. The number of hydrogen-bond donors (Lipinski definition) is 1. The van der Waals surface area contributed by atoms with Crippen molar-refractivity contribution in [3.05, 3.63) is 22.3 Å². The molecule has 0 amide bonds. The van der Waals surface area contributed by atoms with E-state index >= 15 is 0 Å². The summed E-state index contributed by atoms with van der Waals surface area (Å²) in [6.07, 6.45) is 0.561. The van der Waals surface area contributed by atoms with Gasteiger partial charge < -0.3 is 10.2 Å². The molecule has 0 aromatic carbocycles. The van der Waals surface area contributed by atoms with E-state index in [1.54, 1.807) is 39.4 Å². The van der Waals surface area contributed by atoms with E-state index in [2.05, 4.69) is 15.2 Å². The van der Waals surface area contributed by atoms with Crippen LogP contribution >= 0.6 is 11.3 Å². The molecule has 8 heteroatoms. The van der Waals surface area contributed by atoms with Gasteiger partial charge in [-0.2, -0.15) is 0 Å². The standard InChI is InChI=1S/C12H16N4O3S/c1-12(2,3)11(18)14-9-7(16(4)15-19-9)8(17)10-13-5-6-20-10/h5-6,8,17H,1-4H3. The van der Waals surface area contributed by atoms with Gasteiger partial charge in [-0.3, -0.25) is 4.52 Å². The third-order valence-electron chi connectivity index (χ3n) is 2.61. The summed E-state index contributed by atoms with van der Waals surface area (Å²) in [6, 6.07) is 0. The second-order valence-corrected chi connectivity index (χ2v) is 6.25. The predicted molar refractivity (Wildman–Crippen MR) is 70.4 cm³/mol. The van der Waals surface area contributed by atoms with E-state index in [1.807, 2.05) is 0 Å². The van der Waals surface area contributed by atoms with E-state index in [-0.39, 0.29) is 11.8 Å². The highest BCUT2D eigenvalue weighted by molar-refractivity contribution is 7.09. The van der Waals surface area contributed by atoms with Gasteiger partial charge in [-0.15, -0.1) is 11.3 Å². The first kappa shape index (κ1) is 14.6. The molecule has 1 N–H and O–H groups in total. The van der Waals surface area contributed by atoms with E-state index in [0.29, 0.717) is 10.7 Å². The molecule has 2 aromatic heterocycles. The normalized spacial score (nSPS) is 14.6. The first-order chi connectivity index (χ1) is 9.30. The molecule has 0 aliphatic heterocycles. The molecule has 0 saturated carbocycles. The predicted octanol–water partition coefficient (Wildman–Crippen LogP) is 0.474. The number of nitrogens with zero attached hydrogens (tertiary/aromatic N) is 4. The van der Waals surface area contributed by atoms with E-state index in [4.69, 9.17) is 4.52 Å². The Morgan fingerprint density at radius 2 is 2.25 bits per heavy atom. The molecule has 0 bridgehead atoms. The number of aromatic nitrogens is 3. The van der Waals surface area contributed by atoms with Crippen LogP contribution in [0.15, 0.2) is 21.1 Å². The maximum Gasteiger partial charge on any atom is 0.327 e. The van der Waals surface area contributed by atoms with Crippen LogP contribution in [0.2, 0.25) is 0 Å². The molecule has 20 heavy (non-hydrogen) atoms. The van der Waals surface area contributed by atoms with E-state index in [1.165, 1.54) is 16.0 Å². The zero-order valence-corrected chi connectivity index (χ0v) is 12.5. The third-order valence-corrected chi connectivity index (χ3v) is 3.43. The van der Waals surface area contributed by atoms with Crippen LogP contribution in [0.1, 0.15) is 37.6 Å². The summed E-state index contributed by atoms with van der Waals surface area (Å²) >= 11 is 1.30. The lowest BCUT2D eigenvalue weighted by atomic mass is 9.97. The van der Waals surface area contributed by atoms with Crippen molar-refractivity contribution < 1.29 is 19.4 Å². The average Bonchev–Trinajstić information content (AvgIpc) is 2.97. The van der Waals surface area contributed by atoms with Gasteiger partial charge in [0.15, 0.2) is 13.2 Å². The Bertz CT molecular complexity index is 613. The van der Waals surface area contributed by atoms with Gasteiger partial charge in [0, 0.05) is 11.6 Å². The van der Waals surface area contributed by atoms with Crippen LogP contribution in [0.3, 0.4) is 0 Å². The molecular weight excluding hydrogens is 280 g/mol. The summed E-state index contributed by atoms with van der Waals surface area (Å²) in [7, 11) is 1.61. The lowest BCUT2D eigenvalue weighted by molar-refractivity contribution is -0.748. The molecule has 0 saturated heterocycles. The van der Waals surface area contributed by atoms with Crippen LogP contribution in [0.4, 0.5) is 5.88 Å². The van der Waals surface area contributed by atoms with Crippen molar-refractivity contribution in [1.29, 1.82) is 0 Å². The SMILES string of the molecule is C[n+]1noc(/N=C(\[O-])C(C)(C)C)c1C(O)c1nccs1. The molecule has 1 atom stereocenters. The maximum absolute atomic E-state index is 11.9. The number of aliphatic hydroxyl groups is 1. The molecule has 0 spiro atoms. The number of hydrogen-bond acceptors (Lipinski definition) is 7. The Morgan fingerprint density at radius 3 is 2.80 bits per heavy atom. The highest BCUT2D eigenvalue weighted by atomic mass is 32.1. The van der Waals surface area contributed by atoms with E-state index in [9.17, 15) is 10.2 Å². The van der Waals surface area contributed by atoms with E-state index < -0.39 is 11.5 Å². The smallest absolute Gasteiger partial charge is 0.327 e.